The van der Waals surface area contributed by atoms with Crippen LogP contribution in [0, 0.1) is 0 Å². The number of carbonyl (C=O) groups excluding carboxylic acids is 1. The molecule has 0 aliphatic heterocycles. The van der Waals surface area contributed by atoms with Gasteiger partial charge in [0.15, 0.2) is 6.54 Å². The molecule has 2 aromatic carbocycles. The Morgan fingerprint density at radius 3 is 2.31 bits per heavy atom. The summed E-state index contributed by atoms with van der Waals surface area (Å²) in [4.78, 5) is 13.9. The number of sulfonamides is 1. The smallest absolute Gasteiger partial charge is 0.275 e. The summed E-state index contributed by atoms with van der Waals surface area (Å²) in [6.07, 6.45) is 2.28. The minimum Gasteiger partial charge on any atom is -0.497 e. The molecule has 156 valence electrons. The summed E-state index contributed by atoms with van der Waals surface area (Å²) in [5.41, 5.74) is 2.00. The van der Waals surface area contributed by atoms with Crippen LogP contribution in [0.2, 0.25) is 0 Å². The standard InChI is InChI=1S/C21H27N3O4S/c1-15(17-5-11-20(12-6-17)29(22,26)27)23-21(25)14-24(18-7-8-18)13-16-3-9-19(28-2)10-4-16/h3-6,9-12,15,18H,7-8,13-14H2,1-2H3,(H,23,25)(H2,22,26,27)/p+1/t15-/m0/s1. The van der Waals surface area contributed by atoms with Crippen LogP contribution >= 0.6 is 0 Å². The molecular weight excluding hydrogens is 390 g/mol. The largest absolute Gasteiger partial charge is 0.497 e. The van der Waals surface area contributed by atoms with Crippen LogP contribution in [0.15, 0.2) is 53.4 Å². The molecule has 0 aromatic heterocycles. The Kier molecular flexibility index (Phi) is 6.56. The van der Waals surface area contributed by atoms with Crippen molar-refractivity contribution in [2.45, 2.75) is 43.3 Å². The summed E-state index contributed by atoms with van der Waals surface area (Å²) in [6.45, 7) is 3.07. The normalized spacial score (nSPS) is 16.1. The Bertz CT molecular complexity index is 939. The van der Waals surface area contributed by atoms with Crippen molar-refractivity contribution in [1.82, 2.24) is 5.32 Å². The zero-order chi connectivity index (χ0) is 21.0. The highest BCUT2D eigenvalue weighted by Gasteiger charge is 2.34. The number of hydrogen-bond donors (Lipinski definition) is 3. The third-order valence-electron chi connectivity index (χ3n) is 5.22. The molecule has 1 unspecified atom stereocenters. The first-order valence-corrected chi connectivity index (χ1v) is 11.2. The molecule has 7 nitrogen and oxygen atoms in total. The SMILES string of the molecule is COc1ccc(C[NH+](CC(=O)N[C@@H](C)c2ccc(S(N)(=O)=O)cc2)C2CC2)cc1. The molecule has 0 spiro atoms. The summed E-state index contributed by atoms with van der Waals surface area (Å²) in [7, 11) is -2.08. The number of methoxy groups -OCH3 is 1. The fraction of sp³-hybridized carbons (Fsp3) is 0.381. The topological polar surface area (TPSA) is 103 Å². The number of hydrogen-bond acceptors (Lipinski definition) is 4. The van der Waals surface area contributed by atoms with Gasteiger partial charge < -0.3 is 15.0 Å². The quantitative estimate of drug-likeness (QED) is 0.560. The lowest BCUT2D eigenvalue weighted by Crippen LogP contribution is -3.13. The van der Waals surface area contributed by atoms with Crippen LogP contribution in [0.25, 0.3) is 0 Å². The van der Waals surface area contributed by atoms with Crippen molar-refractivity contribution in [1.29, 1.82) is 0 Å². The third-order valence-corrected chi connectivity index (χ3v) is 6.15. The van der Waals surface area contributed by atoms with Crippen molar-refractivity contribution in [3.05, 3.63) is 59.7 Å². The van der Waals surface area contributed by atoms with Gasteiger partial charge in [-0.2, -0.15) is 0 Å². The predicted octanol–water partition coefficient (Wildman–Crippen LogP) is 0.767. The third kappa shape index (κ3) is 6.03. The minimum atomic E-state index is -3.72. The zero-order valence-corrected chi connectivity index (χ0v) is 17.5. The first kappa shape index (κ1) is 21.3. The Morgan fingerprint density at radius 2 is 1.79 bits per heavy atom. The van der Waals surface area contributed by atoms with E-state index in [4.69, 9.17) is 9.88 Å². The van der Waals surface area contributed by atoms with Crippen LogP contribution in [-0.2, 0) is 21.4 Å². The van der Waals surface area contributed by atoms with E-state index in [0.717, 1.165) is 30.7 Å². The molecule has 0 heterocycles. The molecular formula is C21H28N3O4S+. The van der Waals surface area contributed by atoms with E-state index in [1.165, 1.54) is 22.6 Å². The zero-order valence-electron chi connectivity index (χ0n) is 16.7. The van der Waals surface area contributed by atoms with Gasteiger partial charge in [-0.25, -0.2) is 13.6 Å². The average molecular weight is 419 g/mol. The van der Waals surface area contributed by atoms with Gasteiger partial charge in [0.2, 0.25) is 10.0 Å². The minimum absolute atomic E-state index is 0.0246. The van der Waals surface area contributed by atoms with E-state index in [0.29, 0.717) is 12.6 Å². The number of primary sulfonamides is 1. The Hall–Kier alpha value is -2.42. The number of quaternary nitrogens is 1. The van der Waals surface area contributed by atoms with Crippen molar-refractivity contribution >= 4 is 15.9 Å². The second kappa shape index (κ2) is 8.94. The maximum Gasteiger partial charge on any atom is 0.275 e. The van der Waals surface area contributed by atoms with Gasteiger partial charge in [0.05, 0.1) is 24.1 Å². The number of nitrogens with one attached hydrogen (secondary N) is 2. The van der Waals surface area contributed by atoms with Crippen LogP contribution in [0.3, 0.4) is 0 Å². The lowest BCUT2D eigenvalue weighted by molar-refractivity contribution is -0.917. The van der Waals surface area contributed by atoms with E-state index >= 15 is 0 Å². The molecule has 2 atom stereocenters. The van der Waals surface area contributed by atoms with Gasteiger partial charge in [-0.15, -0.1) is 0 Å². The van der Waals surface area contributed by atoms with E-state index in [-0.39, 0.29) is 16.8 Å². The number of ether oxygens (including phenoxy) is 1. The maximum absolute atomic E-state index is 12.6. The van der Waals surface area contributed by atoms with Gasteiger partial charge >= 0.3 is 0 Å². The second-order valence-corrected chi connectivity index (χ2v) is 9.10. The first-order chi connectivity index (χ1) is 13.8. The number of amides is 1. The average Bonchev–Trinajstić information content (AvgIpc) is 3.52. The summed E-state index contributed by atoms with van der Waals surface area (Å²) < 4.78 is 27.9. The van der Waals surface area contributed by atoms with Gasteiger partial charge in [0.1, 0.15) is 12.3 Å². The molecule has 8 heteroatoms. The number of nitrogens with two attached hydrogens (primary N) is 1. The van der Waals surface area contributed by atoms with Crippen molar-refractivity contribution in [2.24, 2.45) is 5.14 Å². The van der Waals surface area contributed by atoms with Crippen LogP contribution in [-0.4, -0.2) is 34.0 Å². The molecule has 0 radical (unpaired) electrons. The van der Waals surface area contributed by atoms with Crippen LogP contribution in [0.1, 0.15) is 36.9 Å². The highest BCUT2D eigenvalue weighted by atomic mass is 32.2. The Balaban J connectivity index is 1.58. The van der Waals surface area contributed by atoms with Crippen LogP contribution in [0.4, 0.5) is 0 Å². The molecule has 0 bridgehead atoms. The van der Waals surface area contributed by atoms with Gasteiger partial charge in [0, 0.05) is 18.4 Å². The molecule has 1 saturated carbocycles. The van der Waals surface area contributed by atoms with Crippen LogP contribution in [0.5, 0.6) is 5.75 Å². The number of benzene rings is 2. The van der Waals surface area contributed by atoms with E-state index in [1.807, 2.05) is 31.2 Å². The number of rotatable bonds is 9. The lowest BCUT2D eigenvalue weighted by Gasteiger charge is -2.21. The fourth-order valence-electron chi connectivity index (χ4n) is 3.38. The van der Waals surface area contributed by atoms with E-state index in [2.05, 4.69) is 5.32 Å². The van der Waals surface area contributed by atoms with Gasteiger partial charge in [-0.05, 0) is 48.9 Å². The Labute approximate surface area is 171 Å². The highest BCUT2D eigenvalue weighted by molar-refractivity contribution is 7.89. The Morgan fingerprint density at radius 1 is 1.17 bits per heavy atom. The molecule has 1 aliphatic rings. The molecule has 1 fully saturated rings. The van der Waals surface area contributed by atoms with Crippen molar-refractivity contribution in [2.75, 3.05) is 13.7 Å². The summed E-state index contributed by atoms with van der Waals surface area (Å²) in [5.74, 6) is 0.796. The molecule has 29 heavy (non-hydrogen) atoms. The molecule has 0 saturated heterocycles. The lowest BCUT2D eigenvalue weighted by atomic mass is 10.1. The summed E-state index contributed by atoms with van der Waals surface area (Å²) >= 11 is 0. The molecule has 2 aromatic rings. The maximum atomic E-state index is 12.6. The molecule has 1 amide bonds. The monoisotopic (exact) mass is 418 g/mol. The molecule has 1 aliphatic carbocycles. The van der Waals surface area contributed by atoms with Crippen molar-refractivity contribution in [3.63, 3.8) is 0 Å². The van der Waals surface area contributed by atoms with Gasteiger partial charge in [0.25, 0.3) is 5.91 Å². The predicted molar refractivity (Wildman–Crippen MR) is 110 cm³/mol. The summed E-state index contributed by atoms with van der Waals surface area (Å²) in [6, 6.07) is 14.5. The highest BCUT2D eigenvalue weighted by Crippen LogP contribution is 2.17. The fourth-order valence-corrected chi connectivity index (χ4v) is 3.89. The summed E-state index contributed by atoms with van der Waals surface area (Å²) in [5, 5.41) is 8.14. The van der Waals surface area contributed by atoms with E-state index in [9.17, 15) is 13.2 Å². The van der Waals surface area contributed by atoms with Crippen molar-refractivity contribution < 1.29 is 22.8 Å². The molecule has 4 N–H and O–H groups in total. The van der Waals surface area contributed by atoms with Gasteiger partial charge in [-0.1, -0.05) is 12.1 Å². The molecule has 3 rings (SSSR count). The number of carbonyl (C=O) groups is 1. The van der Waals surface area contributed by atoms with E-state index < -0.39 is 10.0 Å². The van der Waals surface area contributed by atoms with Crippen molar-refractivity contribution in [3.8, 4) is 5.75 Å². The first-order valence-electron chi connectivity index (χ1n) is 9.66. The van der Waals surface area contributed by atoms with Gasteiger partial charge in [-0.3, -0.25) is 4.79 Å². The second-order valence-electron chi connectivity index (χ2n) is 7.54. The van der Waals surface area contributed by atoms with Crippen LogP contribution < -0.4 is 20.1 Å². The van der Waals surface area contributed by atoms with E-state index in [1.54, 1.807) is 19.2 Å².